The summed E-state index contributed by atoms with van der Waals surface area (Å²) in [5.41, 5.74) is 11.8. The average Bonchev–Trinajstić information content (AvgIpc) is 3.36. The van der Waals surface area contributed by atoms with E-state index in [-0.39, 0.29) is 12.8 Å². The lowest BCUT2D eigenvalue weighted by Gasteiger charge is -2.36. The van der Waals surface area contributed by atoms with E-state index >= 15 is 4.39 Å². The van der Waals surface area contributed by atoms with E-state index in [0.29, 0.717) is 18.0 Å². The first-order valence-corrected chi connectivity index (χ1v) is 8.68. The van der Waals surface area contributed by atoms with Crippen molar-refractivity contribution < 1.29 is 14.0 Å². The number of nitrogens with one attached hydrogen (secondary N) is 1. The molecule has 3 rings (SSSR count). The summed E-state index contributed by atoms with van der Waals surface area (Å²) in [6.45, 7) is 0.709. The number of carbonyl (C=O) groups is 2. The molecule has 2 fully saturated rings. The molecule has 1 aromatic carbocycles. The number of alkyl halides is 1. The van der Waals surface area contributed by atoms with Crippen molar-refractivity contribution in [1.82, 2.24) is 10.2 Å². The molecule has 2 unspecified atom stereocenters. The predicted molar refractivity (Wildman–Crippen MR) is 92.1 cm³/mol. The number of rotatable bonds is 6. The molecule has 1 heterocycles. The zero-order valence-electron chi connectivity index (χ0n) is 14.3. The summed E-state index contributed by atoms with van der Waals surface area (Å²) in [4.78, 5) is 24.4. The monoisotopic (exact) mass is 359 g/mol. The van der Waals surface area contributed by atoms with Gasteiger partial charge >= 0.3 is 6.03 Å². The molecule has 0 spiro atoms. The van der Waals surface area contributed by atoms with Gasteiger partial charge < -0.3 is 16.8 Å². The number of hydrogen-bond acceptors (Lipinski definition) is 4. The smallest absolute Gasteiger partial charge is 0.318 e. The Bertz CT molecular complexity index is 760. The molecule has 1 saturated heterocycles. The van der Waals surface area contributed by atoms with Gasteiger partial charge in [-0.25, -0.2) is 9.18 Å². The molecule has 1 aromatic rings. The molecule has 0 bridgehead atoms. The van der Waals surface area contributed by atoms with Crippen LogP contribution in [-0.4, -0.2) is 35.2 Å². The number of primary amides is 2. The van der Waals surface area contributed by atoms with Gasteiger partial charge in [-0.3, -0.25) is 9.69 Å². The summed E-state index contributed by atoms with van der Waals surface area (Å²) < 4.78 is 15.1. The summed E-state index contributed by atoms with van der Waals surface area (Å²) in [5, 5.41) is 12.5. The normalized spacial score (nSPS) is 26.3. The third kappa shape index (κ3) is 3.35. The van der Waals surface area contributed by atoms with Gasteiger partial charge in [-0.15, -0.1) is 0 Å². The number of nitriles is 1. The number of amides is 3. The zero-order chi connectivity index (χ0) is 18.9. The Hall–Kier alpha value is -2.66. The topological polar surface area (TPSA) is 125 Å². The van der Waals surface area contributed by atoms with Crippen molar-refractivity contribution in [3.63, 3.8) is 0 Å². The van der Waals surface area contributed by atoms with E-state index < -0.39 is 29.8 Å². The Labute approximate surface area is 151 Å². The fraction of sp³-hybridized carbons (Fsp3) is 0.500. The largest absolute Gasteiger partial charge is 0.365 e. The second kappa shape index (κ2) is 6.92. The van der Waals surface area contributed by atoms with Gasteiger partial charge in [-0.2, -0.15) is 5.26 Å². The highest BCUT2D eigenvalue weighted by molar-refractivity contribution is 5.88. The molecule has 3 atom stereocenters. The van der Waals surface area contributed by atoms with Crippen molar-refractivity contribution in [2.24, 2.45) is 17.4 Å². The third-order valence-electron chi connectivity index (χ3n) is 5.18. The van der Waals surface area contributed by atoms with E-state index in [1.54, 1.807) is 18.2 Å². The van der Waals surface area contributed by atoms with E-state index in [4.69, 9.17) is 16.7 Å². The van der Waals surface area contributed by atoms with Crippen LogP contribution in [0.2, 0.25) is 0 Å². The molecule has 1 aliphatic heterocycles. The number of carbonyl (C=O) groups excluding carboxylic acids is 2. The van der Waals surface area contributed by atoms with E-state index in [1.807, 2.05) is 6.07 Å². The van der Waals surface area contributed by atoms with Gasteiger partial charge in [0.15, 0.2) is 0 Å². The van der Waals surface area contributed by atoms with E-state index in [2.05, 4.69) is 11.4 Å². The van der Waals surface area contributed by atoms with Gasteiger partial charge in [-0.1, -0.05) is 12.1 Å². The SMILES string of the molecule is N#Cc1cccc([C@@H](NCC2CC2)C2CCC(F)(C(N)=O)N2C(N)=O)c1. The standard InChI is InChI=1S/C18H22FN5O2/c19-18(16(21)25)7-6-14(24(18)17(22)26)15(23-10-11-4-5-11)13-3-1-2-12(8-13)9-20/h1-3,8,11,14-15,23H,4-7,10H2,(H2,21,25)(H2,22,26)/t14?,15-,18?/m1/s1. The van der Waals surface area contributed by atoms with Crippen molar-refractivity contribution in [3.05, 3.63) is 35.4 Å². The van der Waals surface area contributed by atoms with Crippen molar-refractivity contribution >= 4 is 11.9 Å². The lowest BCUT2D eigenvalue weighted by Crippen LogP contribution is -2.59. The minimum absolute atomic E-state index is 0.199. The number of urea groups is 1. The van der Waals surface area contributed by atoms with Crippen molar-refractivity contribution in [2.45, 2.75) is 43.6 Å². The Balaban J connectivity index is 1.95. The Morgan fingerprint density at radius 1 is 1.38 bits per heavy atom. The van der Waals surface area contributed by atoms with Gasteiger partial charge in [0, 0.05) is 6.42 Å². The van der Waals surface area contributed by atoms with Crippen LogP contribution in [-0.2, 0) is 4.79 Å². The van der Waals surface area contributed by atoms with Crippen LogP contribution in [0.15, 0.2) is 24.3 Å². The van der Waals surface area contributed by atoms with Crippen LogP contribution in [0.5, 0.6) is 0 Å². The summed E-state index contributed by atoms with van der Waals surface area (Å²) in [6, 6.07) is 6.85. The Morgan fingerprint density at radius 3 is 2.69 bits per heavy atom. The van der Waals surface area contributed by atoms with Gasteiger partial charge in [0.1, 0.15) is 0 Å². The first-order chi connectivity index (χ1) is 12.4. The van der Waals surface area contributed by atoms with Crippen molar-refractivity contribution in [1.29, 1.82) is 5.26 Å². The molecule has 8 heteroatoms. The number of hydrogen-bond donors (Lipinski definition) is 3. The van der Waals surface area contributed by atoms with Crippen molar-refractivity contribution in [2.75, 3.05) is 6.54 Å². The van der Waals surface area contributed by atoms with Crippen molar-refractivity contribution in [3.8, 4) is 6.07 Å². The average molecular weight is 359 g/mol. The molecule has 7 nitrogen and oxygen atoms in total. The maximum Gasteiger partial charge on any atom is 0.318 e. The lowest BCUT2D eigenvalue weighted by molar-refractivity contribution is -0.138. The molecule has 3 amide bonds. The second-order valence-electron chi connectivity index (χ2n) is 7.00. The lowest BCUT2D eigenvalue weighted by atomic mass is 9.95. The highest BCUT2D eigenvalue weighted by atomic mass is 19.1. The predicted octanol–water partition coefficient (Wildman–Crippen LogP) is 1.29. The molecule has 0 aromatic heterocycles. The molecule has 138 valence electrons. The van der Waals surface area contributed by atoms with Crippen LogP contribution in [0.1, 0.15) is 42.9 Å². The van der Waals surface area contributed by atoms with E-state index in [0.717, 1.165) is 23.3 Å². The van der Waals surface area contributed by atoms with Crippen LogP contribution in [0, 0.1) is 17.2 Å². The Kier molecular flexibility index (Phi) is 4.83. The molecular formula is C18H22FN5O2. The summed E-state index contributed by atoms with van der Waals surface area (Å²) >= 11 is 0. The maximum atomic E-state index is 15.1. The highest BCUT2D eigenvalue weighted by Crippen LogP contribution is 2.41. The van der Waals surface area contributed by atoms with E-state index in [1.165, 1.54) is 0 Å². The van der Waals surface area contributed by atoms with Crippen LogP contribution in [0.4, 0.5) is 9.18 Å². The first-order valence-electron chi connectivity index (χ1n) is 8.68. The van der Waals surface area contributed by atoms with Crippen LogP contribution >= 0.6 is 0 Å². The maximum absolute atomic E-state index is 15.1. The fourth-order valence-corrected chi connectivity index (χ4v) is 3.64. The van der Waals surface area contributed by atoms with Crippen LogP contribution in [0.25, 0.3) is 0 Å². The zero-order valence-corrected chi connectivity index (χ0v) is 14.3. The van der Waals surface area contributed by atoms with Gasteiger partial charge in [0.2, 0.25) is 0 Å². The molecule has 2 aliphatic rings. The quantitative estimate of drug-likeness (QED) is 0.662. The van der Waals surface area contributed by atoms with Gasteiger partial charge in [0.25, 0.3) is 11.7 Å². The minimum Gasteiger partial charge on any atom is -0.365 e. The third-order valence-corrected chi connectivity index (χ3v) is 5.18. The van der Waals surface area contributed by atoms with E-state index in [9.17, 15) is 9.59 Å². The minimum atomic E-state index is -2.59. The molecule has 5 N–H and O–H groups in total. The van der Waals surface area contributed by atoms with Gasteiger partial charge in [0.05, 0.1) is 23.7 Å². The van der Waals surface area contributed by atoms with Crippen LogP contribution < -0.4 is 16.8 Å². The molecule has 1 saturated carbocycles. The molecule has 1 aliphatic carbocycles. The summed E-state index contributed by atoms with van der Waals surface area (Å²) in [5.74, 6) is -3.26. The van der Waals surface area contributed by atoms with Crippen LogP contribution in [0.3, 0.4) is 0 Å². The Morgan fingerprint density at radius 2 is 2.12 bits per heavy atom. The number of benzene rings is 1. The first kappa shape index (κ1) is 18.1. The van der Waals surface area contributed by atoms with Gasteiger partial charge in [-0.05, 0) is 49.4 Å². The summed E-state index contributed by atoms with van der Waals surface area (Å²) in [7, 11) is 0. The number of nitrogens with two attached hydrogens (primary N) is 2. The number of likely N-dealkylation sites (tertiary alicyclic amines) is 1. The molecular weight excluding hydrogens is 337 g/mol. The second-order valence-corrected chi connectivity index (χ2v) is 7.00. The molecule has 0 radical (unpaired) electrons. The fourth-order valence-electron chi connectivity index (χ4n) is 3.64. The number of nitrogens with zero attached hydrogens (tertiary/aromatic N) is 2. The molecule has 26 heavy (non-hydrogen) atoms. The number of halogens is 1. The highest BCUT2D eigenvalue weighted by Gasteiger charge is 2.55. The summed E-state index contributed by atoms with van der Waals surface area (Å²) in [6.07, 6.45) is 2.28.